The summed E-state index contributed by atoms with van der Waals surface area (Å²) in [6, 6.07) is 12.8. The van der Waals surface area contributed by atoms with E-state index in [9.17, 15) is 9.90 Å². The predicted molar refractivity (Wildman–Crippen MR) is 103 cm³/mol. The number of phenols is 1. The van der Waals surface area contributed by atoms with Crippen molar-refractivity contribution in [1.82, 2.24) is 14.7 Å². The summed E-state index contributed by atoms with van der Waals surface area (Å²) in [6.07, 6.45) is 0. The average Bonchev–Trinajstić information content (AvgIpc) is 3.02. The number of methoxy groups -OCH3 is 1. The number of amides is 1. The quantitative estimate of drug-likeness (QED) is 0.770. The van der Waals surface area contributed by atoms with Crippen molar-refractivity contribution in [2.45, 2.75) is 0 Å². The third kappa shape index (κ3) is 3.05. The van der Waals surface area contributed by atoms with Crippen LogP contribution >= 0.6 is 0 Å². The first-order chi connectivity index (χ1) is 13.1. The summed E-state index contributed by atoms with van der Waals surface area (Å²) in [7, 11) is 3.43. The van der Waals surface area contributed by atoms with Crippen LogP contribution in [0.2, 0.25) is 0 Å². The van der Waals surface area contributed by atoms with Gasteiger partial charge < -0.3 is 19.6 Å². The molecule has 0 saturated carbocycles. The number of hydrogen-bond acceptors (Lipinski definition) is 5. The zero-order valence-electron chi connectivity index (χ0n) is 15.4. The number of anilines is 1. The summed E-state index contributed by atoms with van der Waals surface area (Å²) in [5.74, 6) is 0.950. The molecule has 1 aliphatic rings. The monoisotopic (exact) mass is 366 g/mol. The number of hydrogen-bond donors (Lipinski definition) is 1. The molecule has 7 nitrogen and oxygen atoms in total. The Morgan fingerprint density at radius 1 is 1.11 bits per heavy atom. The van der Waals surface area contributed by atoms with Crippen molar-refractivity contribution in [3.05, 3.63) is 48.0 Å². The molecular formula is C20H22N4O3. The van der Waals surface area contributed by atoms with Crippen molar-refractivity contribution in [1.29, 1.82) is 0 Å². The van der Waals surface area contributed by atoms with Crippen molar-refractivity contribution in [3.8, 4) is 11.6 Å². The number of para-hydroxylation sites is 2. The normalized spacial score (nSPS) is 14.6. The van der Waals surface area contributed by atoms with Crippen LogP contribution in [0.15, 0.2) is 42.5 Å². The highest BCUT2D eigenvalue weighted by atomic mass is 16.5. The average molecular weight is 366 g/mol. The lowest BCUT2D eigenvalue weighted by atomic mass is 10.1. The summed E-state index contributed by atoms with van der Waals surface area (Å²) < 4.78 is 7.03. The molecule has 1 fully saturated rings. The molecule has 3 aromatic rings. The van der Waals surface area contributed by atoms with Crippen LogP contribution in [-0.4, -0.2) is 59.0 Å². The number of fused-ring (bicyclic) bond motifs is 1. The second-order valence-corrected chi connectivity index (χ2v) is 6.63. The maximum atomic E-state index is 12.9. The first-order valence-electron chi connectivity index (χ1n) is 8.91. The number of aromatic hydroxyl groups is 1. The Balaban J connectivity index is 1.49. The lowest BCUT2D eigenvalue weighted by molar-refractivity contribution is 0.0747. The Labute approximate surface area is 157 Å². The van der Waals surface area contributed by atoms with Crippen LogP contribution in [0.25, 0.3) is 10.9 Å². The maximum absolute atomic E-state index is 12.9. The summed E-state index contributed by atoms with van der Waals surface area (Å²) in [5, 5.41) is 15.3. The molecule has 0 bridgehead atoms. The van der Waals surface area contributed by atoms with Gasteiger partial charge >= 0.3 is 0 Å². The minimum atomic E-state index is -0.00143. The number of carbonyl (C=O) groups excluding carboxylic acids is 1. The summed E-state index contributed by atoms with van der Waals surface area (Å²) in [4.78, 5) is 16.9. The number of piperazine rings is 1. The van der Waals surface area contributed by atoms with E-state index < -0.39 is 0 Å². The molecule has 2 aromatic carbocycles. The van der Waals surface area contributed by atoms with Crippen LogP contribution in [0.5, 0.6) is 11.6 Å². The minimum absolute atomic E-state index is 0.00143. The molecule has 4 rings (SSSR count). The molecule has 27 heavy (non-hydrogen) atoms. The Kier molecular flexibility index (Phi) is 4.35. The van der Waals surface area contributed by atoms with Crippen molar-refractivity contribution in [2.24, 2.45) is 7.05 Å². The van der Waals surface area contributed by atoms with Gasteiger partial charge in [0.25, 0.3) is 5.91 Å². The van der Waals surface area contributed by atoms with Gasteiger partial charge in [0.1, 0.15) is 5.75 Å². The van der Waals surface area contributed by atoms with Crippen molar-refractivity contribution >= 4 is 22.5 Å². The number of ether oxygens (including phenoxy) is 1. The number of aryl methyl sites for hydroxylation is 1. The second kappa shape index (κ2) is 6.83. The molecule has 1 aliphatic heterocycles. The van der Waals surface area contributed by atoms with E-state index >= 15 is 0 Å². The molecule has 1 amide bonds. The van der Waals surface area contributed by atoms with Gasteiger partial charge in [0.05, 0.1) is 23.7 Å². The van der Waals surface area contributed by atoms with Gasteiger partial charge in [-0.2, -0.15) is 5.10 Å². The third-order valence-corrected chi connectivity index (χ3v) is 5.01. The number of benzene rings is 2. The van der Waals surface area contributed by atoms with Gasteiger partial charge in [-0.05, 0) is 30.3 Å². The molecule has 1 saturated heterocycles. The van der Waals surface area contributed by atoms with Crippen LogP contribution in [-0.2, 0) is 7.05 Å². The SMILES string of the molecule is COc1c2ccc(C(=O)N3CCN(c4ccccc4O)CC3)cc2nn1C. The molecule has 1 aromatic heterocycles. The van der Waals surface area contributed by atoms with E-state index in [-0.39, 0.29) is 11.7 Å². The molecule has 0 atom stereocenters. The van der Waals surface area contributed by atoms with E-state index in [0.29, 0.717) is 37.6 Å². The van der Waals surface area contributed by atoms with Gasteiger partial charge in [-0.25, -0.2) is 4.68 Å². The van der Waals surface area contributed by atoms with Crippen LogP contribution in [0, 0.1) is 0 Å². The number of phenolic OH excluding ortho intramolecular Hbond substituents is 1. The van der Waals surface area contributed by atoms with Crippen LogP contribution in [0.4, 0.5) is 5.69 Å². The van der Waals surface area contributed by atoms with Gasteiger partial charge in [0, 0.05) is 38.8 Å². The Bertz CT molecular complexity index is 990. The lowest BCUT2D eigenvalue weighted by Crippen LogP contribution is -2.48. The first-order valence-corrected chi connectivity index (χ1v) is 8.91. The van der Waals surface area contributed by atoms with E-state index in [4.69, 9.17) is 4.74 Å². The highest BCUT2D eigenvalue weighted by molar-refractivity contribution is 5.98. The fourth-order valence-electron chi connectivity index (χ4n) is 3.62. The predicted octanol–water partition coefficient (Wildman–Crippen LogP) is 2.25. The van der Waals surface area contributed by atoms with Gasteiger partial charge in [-0.3, -0.25) is 4.79 Å². The number of rotatable bonds is 3. The van der Waals surface area contributed by atoms with Gasteiger partial charge in [0.15, 0.2) is 0 Å². The Morgan fingerprint density at radius 2 is 1.85 bits per heavy atom. The Morgan fingerprint density at radius 3 is 2.56 bits per heavy atom. The first kappa shape index (κ1) is 17.2. The molecular weight excluding hydrogens is 344 g/mol. The molecule has 7 heteroatoms. The molecule has 0 spiro atoms. The van der Waals surface area contributed by atoms with E-state index in [1.807, 2.05) is 42.3 Å². The van der Waals surface area contributed by atoms with Crippen LogP contribution in [0.3, 0.4) is 0 Å². The topological polar surface area (TPSA) is 70.8 Å². The smallest absolute Gasteiger partial charge is 0.254 e. The highest BCUT2D eigenvalue weighted by Crippen LogP contribution is 2.28. The summed E-state index contributed by atoms with van der Waals surface area (Å²) in [5.41, 5.74) is 2.18. The fourth-order valence-corrected chi connectivity index (χ4v) is 3.62. The molecule has 0 aliphatic carbocycles. The van der Waals surface area contributed by atoms with E-state index in [2.05, 4.69) is 10.00 Å². The fraction of sp³-hybridized carbons (Fsp3) is 0.300. The van der Waals surface area contributed by atoms with E-state index in [1.165, 1.54) is 0 Å². The number of nitrogens with zero attached hydrogens (tertiary/aromatic N) is 4. The third-order valence-electron chi connectivity index (χ3n) is 5.01. The highest BCUT2D eigenvalue weighted by Gasteiger charge is 2.24. The summed E-state index contributed by atoms with van der Waals surface area (Å²) in [6.45, 7) is 2.58. The van der Waals surface area contributed by atoms with Crippen molar-refractivity contribution in [3.63, 3.8) is 0 Å². The molecule has 0 radical (unpaired) electrons. The van der Waals surface area contributed by atoms with Crippen LogP contribution in [0.1, 0.15) is 10.4 Å². The zero-order chi connectivity index (χ0) is 19.0. The standard InChI is InChI=1S/C20H22N4O3/c1-22-20(27-2)15-8-7-14(13-16(15)21-22)19(26)24-11-9-23(10-12-24)17-5-3-4-6-18(17)25/h3-8,13,25H,9-12H2,1-2H3. The van der Waals surface area contributed by atoms with Crippen molar-refractivity contribution < 1.29 is 14.6 Å². The molecule has 0 unspecified atom stereocenters. The van der Waals surface area contributed by atoms with Gasteiger partial charge in [-0.15, -0.1) is 0 Å². The number of carbonyl (C=O) groups is 1. The van der Waals surface area contributed by atoms with Crippen LogP contribution < -0.4 is 9.64 Å². The molecule has 2 heterocycles. The Hall–Kier alpha value is -3.22. The van der Waals surface area contributed by atoms with Gasteiger partial charge in [0.2, 0.25) is 5.88 Å². The maximum Gasteiger partial charge on any atom is 0.254 e. The molecule has 1 N–H and O–H groups in total. The summed E-state index contributed by atoms with van der Waals surface area (Å²) >= 11 is 0. The largest absolute Gasteiger partial charge is 0.506 e. The lowest BCUT2D eigenvalue weighted by Gasteiger charge is -2.36. The van der Waals surface area contributed by atoms with E-state index in [0.717, 1.165) is 16.6 Å². The number of aromatic nitrogens is 2. The minimum Gasteiger partial charge on any atom is -0.506 e. The van der Waals surface area contributed by atoms with Gasteiger partial charge in [-0.1, -0.05) is 12.1 Å². The zero-order valence-corrected chi connectivity index (χ0v) is 15.4. The molecule has 140 valence electrons. The van der Waals surface area contributed by atoms with E-state index in [1.54, 1.807) is 23.9 Å². The van der Waals surface area contributed by atoms with Crippen molar-refractivity contribution in [2.75, 3.05) is 38.2 Å². The second-order valence-electron chi connectivity index (χ2n) is 6.63.